The Morgan fingerprint density at radius 3 is 2.84 bits per heavy atom. The molecule has 6 rings (SSSR count). The quantitative estimate of drug-likeness (QED) is 0.459. The van der Waals surface area contributed by atoms with Crippen LogP contribution in [0.3, 0.4) is 0 Å². The lowest BCUT2D eigenvalue weighted by molar-refractivity contribution is 0.476. The summed E-state index contributed by atoms with van der Waals surface area (Å²) < 4.78 is 1.73. The summed E-state index contributed by atoms with van der Waals surface area (Å²) in [6, 6.07) is 8.10. The summed E-state index contributed by atoms with van der Waals surface area (Å²) in [6.07, 6.45) is 6.01. The number of hydrogen-bond acceptors (Lipinski definition) is 9. The Morgan fingerprint density at radius 1 is 1.16 bits per heavy atom. The van der Waals surface area contributed by atoms with Crippen molar-refractivity contribution >= 4 is 28.4 Å². The van der Waals surface area contributed by atoms with Crippen LogP contribution in [-0.2, 0) is 0 Å². The van der Waals surface area contributed by atoms with Crippen molar-refractivity contribution in [2.24, 2.45) is 0 Å². The van der Waals surface area contributed by atoms with Crippen molar-refractivity contribution in [2.45, 2.75) is 25.4 Å². The van der Waals surface area contributed by atoms with Gasteiger partial charge >= 0.3 is 0 Å². The van der Waals surface area contributed by atoms with E-state index in [9.17, 15) is 5.11 Å². The Morgan fingerprint density at radius 2 is 2.06 bits per heavy atom. The van der Waals surface area contributed by atoms with Crippen molar-refractivity contribution in [3.63, 3.8) is 0 Å². The van der Waals surface area contributed by atoms with Gasteiger partial charge in [-0.25, -0.2) is 19.6 Å². The first-order valence-corrected chi connectivity index (χ1v) is 10.2. The molecule has 4 aromatic rings. The van der Waals surface area contributed by atoms with Gasteiger partial charge in [-0.3, -0.25) is 4.98 Å². The molecule has 2 aliphatic heterocycles. The normalized spacial score (nSPS) is 20.0. The van der Waals surface area contributed by atoms with Crippen LogP contribution in [0.15, 0.2) is 42.9 Å². The molecular formula is C21H21N9O. The maximum absolute atomic E-state index is 10.1. The third-order valence-electron chi connectivity index (χ3n) is 5.85. The van der Waals surface area contributed by atoms with Gasteiger partial charge in [0.2, 0.25) is 0 Å². The van der Waals surface area contributed by atoms with E-state index in [1.165, 1.54) is 0 Å². The molecule has 10 heteroatoms. The molecule has 3 aromatic heterocycles. The Labute approximate surface area is 178 Å². The number of aromatic nitrogens is 6. The molecule has 2 aliphatic rings. The van der Waals surface area contributed by atoms with Crippen LogP contribution >= 0.6 is 0 Å². The Hall–Kier alpha value is -3.79. The van der Waals surface area contributed by atoms with Crippen molar-refractivity contribution in [1.29, 1.82) is 0 Å². The molecule has 0 spiro atoms. The number of phenols is 1. The highest BCUT2D eigenvalue weighted by Crippen LogP contribution is 2.32. The molecule has 0 saturated carbocycles. The molecule has 0 amide bonds. The standard InChI is InChI=1S/C21H21N9O/c1-12-25-19(29-11-13-6-14(29)9-24-13)8-20(26-12)30-17-7-15(31)2-3-16(17)21(28-30)27-18-10-22-4-5-23-18/h2-5,7-8,10,13-14,24,31H,6,9,11H2,1H3,(H,23,27,28)/t13-,14-/m0/s1. The smallest absolute Gasteiger partial charge is 0.162 e. The lowest BCUT2D eigenvalue weighted by atomic mass is 10.2. The van der Waals surface area contributed by atoms with E-state index < -0.39 is 0 Å². The minimum atomic E-state index is 0.161. The fraction of sp³-hybridized carbons (Fsp3) is 0.286. The van der Waals surface area contributed by atoms with E-state index in [-0.39, 0.29) is 5.75 Å². The number of aryl methyl sites for hydroxylation is 1. The number of nitrogens with zero attached hydrogens (tertiary/aromatic N) is 7. The van der Waals surface area contributed by atoms with Crippen LogP contribution in [0.25, 0.3) is 16.7 Å². The molecule has 31 heavy (non-hydrogen) atoms. The van der Waals surface area contributed by atoms with E-state index in [0.717, 1.165) is 36.2 Å². The minimum Gasteiger partial charge on any atom is -0.508 e. The van der Waals surface area contributed by atoms with Crippen LogP contribution in [0, 0.1) is 6.92 Å². The van der Waals surface area contributed by atoms with Crippen LogP contribution in [0.4, 0.5) is 17.5 Å². The molecule has 5 heterocycles. The summed E-state index contributed by atoms with van der Waals surface area (Å²) in [5.74, 6) is 3.59. The minimum absolute atomic E-state index is 0.161. The second-order valence-corrected chi connectivity index (χ2v) is 7.96. The van der Waals surface area contributed by atoms with Crippen LogP contribution in [0.5, 0.6) is 5.75 Å². The maximum atomic E-state index is 10.1. The maximum Gasteiger partial charge on any atom is 0.162 e. The fourth-order valence-electron chi connectivity index (χ4n) is 4.49. The predicted octanol–water partition coefficient (Wildman–Crippen LogP) is 1.91. The van der Waals surface area contributed by atoms with Gasteiger partial charge in [-0.2, -0.15) is 0 Å². The number of nitrogens with one attached hydrogen (secondary N) is 2. The highest BCUT2D eigenvalue weighted by Gasteiger charge is 2.38. The molecule has 10 nitrogen and oxygen atoms in total. The van der Waals surface area contributed by atoms with Crippen molar-refractivity contribution in [1.82, 2.24) is 35.0 Å². The number of aromatic hydroxyl groups is 1. The number of rotatable bonds is 4. The summed E-state index contributed by atoms with van der Waals surface area (Å²) in [6.45, 7) is 3.82. The van der Waals surface area contributed by atoms with Crippen LogP contribution in [-0.4, -0.2) is 60.0 Å². The molecule has 3 N–H and O–H groups in total. The lowest BCUT2D eigenvalue weighted by Gasteiger charge is -2.28. The summed E-state index contributed by atoms with van der Waals surface area (Å²) in [5, 5.41) is 22.5. The second-order valence-electron chi connectivity index (χ2n) is 7.96. The Balaban J connectivity index is 1.46. The van der Waals surface area contributed by atoms with Gasteiger partial charge in [0, 0.05) is 55.1 Å². The van der Waals surface area contributed by atoms with Gasteiger partial charge in [0.15, 0.2) is 11.6 Å². The number of anilines is 3. The second kappa shape index (κ2) is 6.88. The van der Waals surface area contributed by atoms with Gasteiger partial charge in [-0.15, -0.1) is 5.10 Å². The average molecular weight is 415 g/mol. The van der Waals surface area contributed by atoms with E-state index in [4.69, 9.17) is 10.1 Å². The number of benzene rings is 1. The van der Waals surface area contributed by atoms with E-state index in [1.54, 1.807) is 35.4 Å². The molecular weight excluding hydrogens is 394 g/mol. The van der Waals surface area contributed by atoms with Gasteiger partial charge in [0.1, 0.15) is 23.2 Å². The number of fused-ring (bicyclic) bond motifs is 3. The number of phenolic OH excluding ortho intramolecular Hbond substituents is 1. The fourth-order valence-corrected chi connectivity index (χ4v) is 4.49. The average Bonchev–Trinajstić information content (AvgIpc) is 3.49. The third kappa shape index (κ3) is 3.12. The third-order valence-corrected chi connectivity index (χ3v) is 5.85. The van der Waals surface area contributed by atoms with Crippen LogP contribution in [0.2, 0.25) is 0 Å². The SMILES string of the molecule is Cc1nc(N2C[C@@H]3C[C@H]2CN3)cc(-n2nc(Nc3cnccn3)c3ccc(O)cc32)n1. The van der Waals surface area contributed by atoms with Crippen LogP contribution in [0.1, 0.15) is 12.2 Å². The topological polar surface area (TPSA) is 117 Å². The number of piperazine rings is 1. The molecule has 2 atom stereocenters. The zero-order chi connectivity index (χ0) is 20.9. The first kappa shape index (κ1) is 18.0. The number of hydrogen-bond donors (Lipinski definition) is 3. The lowest BCUT2D eigenvalue weighted by Crippen LogP contribution is -2.44. The van der Waals surface area contributed by atoms with E-state index in [2.05, 4.69) is 30.5 Å². The van der Waals surface area contributed by atoms with Gasteiger partial charge < -0.3 is 20.6 Å². The van der Waals surface area contributed by atoms with Crippen molar-refractivity contribution in [2.75, 3.05) is 23.3 Å². The zero-order valence-corrected chi connectivity index (χ0v) is 16.9. The first-order valence-electron chi connectivity index (χ1n) is 10.2. The molecule has 0 unspecified atom stereocenters. The van der Waals surface area contributed by atoms with E-state index in [1.807, 2.05) is 19.1 Å². The Kier molecular flexibility index (Phi) is 4.00. The largest absolute Gasteiger partial charge is 0.508 e. The molecule has 156 valence electrons. The highest BCUT2D eigenvalue weighted by molar-refractivity contribution is 5.93. The van der Waals surface area contributed by atoms with Gasteiger partial charge in [-0.1, -0.05) is 0 Å². The molecule has 1 aromatic carbocycles. The van der Waals surface area contributed by atoms with Crippen LogP contribution < -0.4 is 15.5 Å². The summed E-state index contributed by atoms with van der Waals surface area (Å²) in [7, 11) is 0. The first-order chi connectivity index (χ1) is 15.1. The molecule has 0 aliphatic carbocycles. The molecule has 2 fully saturated rings. The monoisotopic (exact) mass is 415 g/mol. The van der Waals surface area contributed by atoms with E-state index in [0.29, 0.717) is 35.4 Å². The van der Waals surface area contributed by atoms with Crippen molar-refractivity contribution < 1.29 is 5.11 Å². The zero-order valence-electron chi connectivity index (χ0n) is 16.9. The predicted molar refractivity (Wildman–Crippen MR) is 116 cm³/mol. The Bertz CT molecular complexity index is 1270. The van der Waals surface area contributed by atoms with Gasteiger partial charge in [0.05, 0.1) is 11.7 Å². The molecule has 0 radical (unpaired) electrons. The highest BCUT2D eigenvalue weighted by atomic mass is 16.3. The van der Waals surface area contributed by atoms with Crippen molar-refractivity contribution in [3.05, 3.63) is 48.7 Å². The van der Waals surface area contributed by atoms with E-state index >= 15 is 0 Å². The van der Waals surface area contributed by atoms with Gasteiger partial charge in [-0.05, 0) is 25.5 Å². The summed E-state index contributed by atoms with van der Waals surface area (Å²) in [4.78, 5) is 20.1. The molecule has 2 saturated heterocycles. The summed E-state index contributed by atoms with van der Waals surface area (Å²) >= 11 is 0. The molecule has 2 bridgehead atoms. The summed E-state index contributed by atoms with van der Waals surface area (Å²) in [5.41, 5.74) is 0.736. The van der Waals surface area contributed by atoms with Gasteiger partial charge in [0.25, 0.3) is 0 Å². The van der Waals surface area contributed by atoms with Crippen molar-refractivity contribution in [3.8, 4) is 11.6 Å².